The number of hydrogen-bond acceptors (Lipinski definition) is 5. The number of piperazine rings is 1. The first-order chi connectivity index (χ1) is 12.9. The van der Waals surface area contributed by atoms with Crippen LogP contribution >= 0.6 is 0 Å². The lowest BCUT2D eigenvalue weighted by Gasteiger charge is -2.37. The Morgan fingerprint density at radius 1 is 1.19 bits per heavy atom. The van der Waals surface area contributed by atoms with Crippen LogP contribution in [0.15, 0.2) is 29.2 Å². The normalized spacial score (nSPS) is 22.6. The van der Waals surface area contributed by atoms with E-state index in [2.05, 4.69) is 12.2 Å². The van der Waals surface area contributed by atoms with Crippen molar-refractivity contribution in [2.45, 2.75) is 37.6 Å². The van der Waals surface area contributed by atoms with Crippen molar-refractivity contribution in [3.8, 4) is 5.75 Å². The van der Waals surface area contributed by atoms with E-state index >= 15 is 0 Å². The minimum absolute atomic E-state index is 0.0814. The van der Waals surface area contributed by atoms with Crippen molar-refractivity contribution in [1.29, 1.82) is 0 Å². The van der Waals surface area contributed by atoms with Crippen LogP contribution in [0, 0.1) is 5.92 Å². The number of carbonyl (C=O) groups is 1. The first kappa shape index (κ1) is 20.1. The fourth-order valence-corrected chi connectivity index (χ4v) is 5.23. The summed E-state index contributed by atoms with van der Waals surface area (Å²) in [6.07, 6.45) is 1.15. The summed E-state index contributed by atoms with van der Waals surface area (Å²) in [5, 5.41) is 3.34. The number of amides is 1. The molecule has 2 heterocycles. The highest BCUT2D eigenvalue weighted by Gasteiger charge is 2.34. The SMILES string of the molecule is CCOc1ccc(S(=O)(=O)N2CCC(C(=O)N3CCNC(C)C3)CC2)cc1. The lowest BCUT2D eigenvalue weighted by atomic mass is 9.96. The largest absolute Gasteiger partial charge is 0.494 e. The minimum atomic E-state index is -3.53. The van der Waals surface area contributed by atoms with Crippen molar-refractivity contribution in [3.05, 3.63) is 24.3 Å². The maximum absolute atomic E-state index is 12.9. The molecule has 27 heavy (non-hydrogen) atoms. The zero-order valence-electron chi connectivity index (χ0n) is 16.1. The molecule has 8 heteroatoms. The third-order valence-corrected chi connectivity index (χ3v) is 7.17. The number of sulfonamides is 1. The van der Waals surface area contributed by atoms with E-state index in [9.17, 15) is 13.2 Å². The van der Waals surface area contributed by atoms with Crippen LogP contribution in [0.4, 0.5) is 0 Å². The molecule has 1 N–H and O–H groups in total. The molecule has 7 nitrogen and oxygen atoms in total. The van der Waals surface area contributed by atoms with E-state index in [1.807, 2.05) is 11.8 Å². The van der Waals surface area contributed by atoms with Gasteiger partial charge < -0.3 is 15.0 Å². The van der Waals surface area contributed by atoms with Crippen LogP contribution in [0.3, 0.4) is 0 Å². The fourth-order valence-electron chi connectivity index (χ4n) is 3.76. The number of benzene rings is 1. The van der Waals surface area contributed by atoms with Crippen molar-refractivity contribution >= 4 is 15.9 Å². The van der Waals surface area contributed by atoms with Gasteiger partial charge in [-0.15, -0.1) is 0 Å². The van der Waals surface area contributed by atoms with E-state index in [4.69, 9.17) is 4.74 Å². The Balaban J connectivity index is 1.59. The summed E-state index contributed by atoms with van der Waals surface area (Å²) in [6, 6.07) is 6.83. The van der Waals surface area contributed by atoms with E-state index in [0.717, 1.165) is 19.6 Å². The van der Waals surface area contributed by atoms with Crippen molar-refractivity contribution in [1.82, 2.24) is 14.5 Å². The molecule has 1 atom stereocenters. The first-order valence-corrected chi connectivity index (χ1v) is 11.1. The Bertz CT molecular complexity index is 743. The molecule has 1 aromatic carbocycles. The summed E-state index contributed by atoms with van der Waals surface area (Å²) in [4.78, 5) is 14.9. The van der Waals surface area contributed by atoms with Crippen molar-refractivity contribution in [3.63, 3.8) is 0 Å². The van der Waals surface area contributed by atoms with Gasteiger partial charge in [-0.1, -0.05) is 0 Å². The number of ether oxygens (including phenoxy) is 1. The quantitative estimate of drug-likeness (QED) is 0.813. The molecular formula is C19H29N3O4S. The van der Waals surface area contributed by atoms with Crippen LogP contribution in [-0.4, -0.2) is 68.9 Å². The van der Waals surface area contributed by atoms with E-state index < -0.39 is 10.0 Å². The Morgan fingerprint density at radius 2 is 1.85 bits per heavy atom. The Kier molecular flexibility index (Phi) is 6.39. The first-order valence-electron chi connectivity index (χ1n) is 9.67. The number of nitrogens with zero attached hydrogens (tertiary/aromatic N) is 2. The molecule has 1 amide bonds. The molecule has 1 unspecified atom stereocenters. The average Bonchev–Trinajstić information content (AvgIpc) is 2.68. The number of rotatable bonds is 5. The van der Waals surface area contributed by atoms with Gasteiger partial charge in [-0.05, 0) is 51.0 Å². The second-order valence-corrected chi connectivity index (χ2v) is 9.16. The van der Waals surface area contributed by atoms with Crippen LogP contribution in [-0.2, 0) is 14.8 Å². The summed E-state index contributed by atoms with van der Waals surface area (Å²) in [5.41, 5.74) is 0. The van der Waals surface area contributed by atoms with E-state index in [1.54, 1.807) is 24.3 Å². The Morgan fingerprint density at radius 3 is 2.44 bits per heavy atom. The topological polar surface area (TPSA) is 79.0 Å². The van der Waals surface area contributed by atoms with Crippen LogP contribution in [0.2, 0.25) is 0 Å². The molecule has 0 bridgehead atoms. The number of hydrogen-bond donors (Lipinski definition) is 1. The molecule has 0 aromatic heterocycles. The van der Waals surface area contributed by atoms with Gasteiger partial charge in [0.1, 0.15) is 5.75 Å². The van der Waals surface area contributed by atoms with Gasteiger partial charge in [0.2, 0.25) is 15.9 Å². The molecule has 0 aliphatic carbocycles. The van der Waals surface area contributed by atoms with E-state index in [0.29, 0.717) is 44.3 Å². The lowest BCUT2D eigenvalue weighted by molar-refractivity contribution is -0.137. The molecule has 2 aliphatic heterocycles. The monoisotopic (exact) mass is 395 g/mol. The predicted molar refractivity (Wildman–Crippen MR) is 103 cm³/mol. The molecule has 150 valence electrons. The highest BCUT2D eigenvalue weighted by atomic mass is 32.2. The summed E-state index contributed by atoms with van der Waals surface area (Å²) in [5.74, 6) is 0.745. The molecule has 1 aromatic rings. The second-order valence-electron chi connectivity index (χ2n) is 7.22. The van der Waals surface area contributed by atoms with Crippen LogP contribution < -0.4 is 10.1 Å². The molecule has 0 saturated carbocycles. The zero-order chi connectivity index (χ0) is 19.4. The fraction of sp³-hybridized carbons (Fsp3) is 0.632. The number of nitrogens with one attached hydrogen (secondary N) is 1. The summed E-state index contributed by atoms with van der Waals surface area (Å²) in [7, 11) is -3.53. The van der Waals surface area contributed by atoms with Gasteiger partial charge in [-0.3, -0.25) is 4.79 Å². The van der Waals surface area contributed by atoms with Crippen molar-refractivity contribution < 1.29 is 17.9 Å². The van der Waals surface area contributed by atoms with Gasteiger partial charge in [0.05, 0.1) is 11.5 Å². The number of piperidine rings is 1. The maximum atomic E-state index is 12.9. The smallest absolute Gasteiger partial charge is 0.243 e. The van der Waals surface area contributed by atoms with Gasteiger partial charge >= 0.3 is 0 Å². The highest BCUT2D eigenvalue weighted by molar-refractivity contribution is 7.89. The third kappa shape index (κ3) is 4.62. The highest BCUT2D eigenvalue weighted by Crippen LogP contribution is 2.26. The molecule has 2 saturated heterocycles. The van der Waals surface area contributed by atoms with E-state index in [1.165, 1.54) is 4.31 Å². The van der Waals surface area contributed by atoms with Crippen LogP contribution in [0.25, 0.3) is 0 Å². The van der Waals surface area contributed by atoms with E-state index in [-0.39, 0.29) is 16.7 Å². The van der Waals surface area contributed by atoms with Gasteiger partial charge in [0.15, 0.2) is 0 Å². The summed E-state index contributed by atoms with van der Waals surface area (Å²) >= 11 is 0. The third-order valence-electron chi connectivity index (χ3n) is 5.26. The standard InChI is InChI=1S/C19H29N3O4S/c1-3-26-17-4-6-18(7-5-17)27(24,25)22-11-8-16(9-12-22)19(23)21-13-10-20-15(2)14-21/h4-7,15-16,20H,3,8-14H2,1-2H3. The molecule has 0 spiro atoms. The average molecular weight is 396 g/mol. The van der Waals surface area contributed by atoms with Gasteiger partial charge in [-0.25, -0.2) is 8.42 Å². The molecule has 3 rings (SSSR count). The lowest BCUT2D eigenvalue weighted by Crippen LogP contribution is -2.54. The maximum Gasteiger partial charge on any atom is 0.243 e. The summed E-state index contributed by atoms with van der Waals surface area (Å²) < 4.78 is 32.6. The minimum Gasteiger partial charge on any atom is -0.494 e. The molecular weight excluding hydrogens is 366 g/mol. The molecule has 0 radical (unpaired) electrons. The zero-order valence-corrected chi connectivity index (χ0v) is 16.9. The summed E-state index contributed by atoms with van der Waals surface area (Å²) in [6.45, 7) is 7.54. The second kappa shape index (κ2) is 8.58. The van der Waals surface area contributed by atoms with Crippen LogP contribution in [0.5, 0.6) is 5.75 Å². The van der Waals surface area contributed by atoms with Gasteiger partial charge in [0, 0.05) is 44.7 Å². The molecule has 2 fully saturated rings. The Hall–Kier alpha value is -1.64. The van der Waals surface area contributed by atoms with Crippen molar-refractivity contribution in [2.75, 3.05) is 39.3 Å². The van der Waals surface area contributed by atoms with Gasteiger partial charge in [-0.2, -0.15) is 4.31 Å². The van der Waals surface area contributed by atoms with Crippen molar-refractivity contribution in [2.24, 2.45) is 5.92 Å². The Labute approximate surface area is 161 Å². The van der Waals surface area contributed by atoms with Gasteiger partial charge in [0.25, 0.3) is 0 Å². The number of carbonyl (C=O) groups excluding carboxylic acids is 1. The predicted octanol–water partition coefficient (Wildman–Crippen LogP) is 1.31. The molecule has 2 aliphatic rings. The van der Waals surface area contributed by atoms with Crippen LogP contribution in [0.1, 0.15) is 26.7 Å².